The number of halogens is 1. The first kappa shape index (κ1) is 24.0. The average molecular weight is 491 g/mol. The molecule has 1 atom stereocenters. The second kappa shape index (κ2) is 9.28. The molecule has 1 N–H and O–H groups in total. The number of sulfonamides is 1. The molecular weight excluding hydrogens is 460 g/mol. The maximum absolute atomic E-state index is 13.5. The number of rotatable bonds is 4. The van der Waals surface area contributed by atoms with Crippen LogP contribution in [-0.2, 0) is 14.8 Å². The third-order valence-electron chi connectivity index (χ3n) is 7.06. The molecule has 0 spiro atoms. The highest BCUT2D eigenvalue weighted by Crippen LogP contribution is 2.38. The number of amides is 1. The molecule has 2 heterocycles. The van der Waals surface area contributed by atoms with Crippen LogP contribution < -0.4 is 10.1 Å². The fourth-order valence-corrected chi connectivity index (χ4v) is 7.16. The number of nitrogens with zero attached hydrogens (tertiary/aromatic N) is 1. The van der Waals surface area contributed by atoms with Crippen LogP contribution in [0.5, 0.6) is 5.75 Å². The Balaban J connectivity index is 1.45. The van der Waals surface area contributed by atoms with E-state index in [-0.39, 0.29) is 17.9 Å². The molecule has 178 valence electrons. The predicted molar refractivity (Wildman–Crippen MR) is 129 cm³/mol. The fourth-order valence-electron chi connectivity index (χ4n) is 4.88. The van der Waals surface area contributed by atoms with Crippen LogP contribution in [0.1, 0.15) is 53.1 Å². The molecule has 0 saturated carbocycles. The molecule has 0 bridgehead atoms. The minimum absolute atomic E-state index is 0.0383. The van der Waals surface area contributed by atoms with Gasteiger partial charge in [-0.25, -0.2) is 8.42 Å². The van der Waals surface area contributed by atoms with Gasteiger partial charge in [0.25, 0.3) is 0 Å². The van der Waals surface area contributed by atoms with Gasteiger partial charge in [-0.15, -0.1) is 0 Å². The van der Waals surface area contributed by atoms with Gasteiger partial charge in [0.2, 0.25) is 15.9 Å². The van der Waals surface area contributed by atoms with Gasteiger partial charge in [-0.05, 0) is 68.9 Å². The summed E-state index contributed by atoms with van der Waals surface area (Å²) in [5.41, 5.74) is 4.44. The highest BCUT2D eigenvalue weighted by Gasteiger charge is 2.35. The average Bonchev–Trinajstić information content (AvgIpc) is 2.78. The highest BCUT2D eigenvalue weighted by molar-refractivity contribution is 7.89. The van der Waals surface area contributed by atoms with Gasteiger partial charge in [-0.1, -0.05) is 29.8 Å². The van der Waals surface area contributed by atoms with Crippen LogP contribution in [0, 0.1) is 33.6 Å². The van der Waals surface area contributed by atoms with Gasteiger partial charge in [-0.3, -0.25) is 4.79 Å². The molecule has 2 aromatic carbocycles. The number of hydrogen-bond acceptors (Lipinski definition) is 4. The van der Waals surface area contributed by atoms with Gasteiger partial charge in [0.05, 0.1) is 22.6 Å². The summed E-state index contributed by atoms with van der Waals surface area (Å²) in [6.07, 6.45) is 1.68. The van der Waals surface area contributed by atoms with Crippen LogP contribution in [0.25, 0.3) is 0 Å². The van der Waals surface area contributed by atoms with E-state index in [9.17, 15) is 13.2 Å². The van der Waals surface area contributed by atoms with Crippen molar-refractivity contribution >= 4 is 27.5 Å². The Labute approximate surface area is 201 Å². The molecule has 1 amide bonds. The largest absolute Gasteiger partial charge is 0.492 e. The van der Waals surface area contributed by atoms with Crippen molar-refractivity contribution in [2.45, 2.75) is 57.9 Å². The Bertz CT molecular complexity index is 1160. The van der Waals surface area contributed by atoms with E-state index in [1.807, 2.05) is 45.9 Å². The molecule has 2 aromatic rings. The number of fused-ring (bicyclic) bond motifs is 1. The van der Waals surface area contributed by atoms with Gasteiger partial charge >= 0.3 is 0 Å². The summed E-state index contributed by atoms with van der Waals surface area (Å²) >= 11 is 6.24. The predicted octanol–water partition coefficient (Wildman–Crippen LogP) is 4.61. The minimum atomic E-state index is -3.62. The van der Waals surface area contributed by atoms with Gasteiger partial charge in [0, 0.05) is 31.0 Å². The van der Waals surface area contributed by atoms with Crippen LogP contribution in [0.3, 0.4) is 0 Å². The molecule has 1 saturated heterocycles. The van der Waals surface area contributed by atoms with Gasteiger partial charge in [0.15, 0.2) is 0 Å². The van der Waals surface area contributed by atoms with Gasteiger partial charge in [-0.2, -0.15) is 4.31 Å². The minimum Gasteiger partial charge on any atom is -0.492 e. The van der Waals surface area contributed by atoms with Crippen LogP contribution >= 0.6 is 11.6 Å². The van der Waals surface area contributed by atoms with Crippen LogP contribution in [0.4, 0.5) is 0 Å². The first-order valence-electron chi connectivity index (χ1n) is 11.4. The summed E-state index contributed by atoms with van der Waals surface area (Å²) in [5, 5.41) is 3.69. The second-order valence-corrected chi connectivity index (χ2v) is 11.4. The molecule has 33 heavy (non-hydrogen) atoms. The molecule has 1 fully saturated rings. The summed E-state index contributed by atoms with van der Waals surface area (Å²) < 4.78 is 34.2. The van der Waals surface area contributed by atoms with Crippen molar-refractivity contribution in [1.29, 1.82) is 0 Å². The van der Waals surface area contributed by atoms with Crippen molar-refractivity contribution in [3.8, 4) is 5.75 Å². The Morgan fingerprint density at radius 3 is 2.33 bits per heavy atom. The highest BCUT2D eigenvalue weighted by atomic mass is 35.5. The lowest BCUT2D eigenvalue weighted by Gasteiger charge is -2.33. The van der Waals surface area contributed by atoms with E-state index in [1.54, 1.807) is 6.07 Å². The molecule has 0 radical (unpaired) electrons. The quantitative estimate of drug-likeness (QED) is 0.678. The standard InChI is InChI=1S/C25H31ClN2O4S/c1-15-14-16(2)18(4)24(17(15)3)33(30,31)28-11-8-19(9-12-28)25(29)27-22-10-13-32-23-20(22)6-5-7-21(23)26/h5-7,14,19,22H,8-13H2,1-4H3,(H,27,29). The normalized spacial score (nSPS) is 19.6. The lowest BCUT2D eigenvalue weighted by Crippen LogP contribution is -2.44. The maximum atomic E-state index is 13.5. The number of carbonyl (C=O) groups excluding carboxylic acids is 1. The smallest absolute Gasteiger partial charge is 0.243 e. The van der Waals surface area contributed by atoms with Crippen molar-refractivity contribution in [2.75, 3.05) is 19.7 Å². The second-order valence-electron chi connectivity index (χ2n) is 9.12. The Morgan fingerprint density at radius 2 is 1.70 bits per heavy atom. The number of benzene rings is 2. The van der Waals surface area contributed by atoms with Gasteiger partial charge < -0.3 is 10.1 Å². The number of aryl methyl sites for hydroxylation is 2. The zero-order valence-corrected chi connectivity index (χ0v) is 21.1. The number of hydrogen-bond donors (Lipinski definition) is 1. The zero-order chi connectivity index (χ0) is 23.9. The molecule has 6 nitrogen and oxygen atoms in total. The zero-order valence-electron chi connectivity index (χ0n) is 19.6. The lowest BCUT2D eigenvalue weighted by molar-refractivity contribution is -0.127. The Kier molecular flexibility index (Phi) is 6.76. The summed E-state index contributed by atoms with van der Waals surface area (Å²) in [6.45, 7) is 8.79. The van der Waals surface area contributed by atoms with Gasteiger partial charge in [0.1, 0.15) is 5.75 Å². The topological polar surface area (TPSA) is 75.7 Å². The molecule has 0 aliphatic carbocycles. The van der Waals surface area contributed by atoms with Crippen LogP contribution in [0.2, 0.25) is 5.02 Å². The van der Waals surface area contributed by atoms with Crippen molar-refractivity contribution in [2.24, 2.45) is 5.92 Å². The van der Waals surface area contributed by atoms with E-state index in [4.69, 9.17) is 16.3 Å². The monoisotopic (exact) mass is 490 g/mol. The molecular formula is C25H31ClN2O4S. The Morgan fingerprint density at radius 1 is 1.06 bits per heavy atom. The summed E-state index contributed by atoms with van der Waals surface area (Å²) in [7, 11) is -3.62. The lowest BCUT2D eigenvalue weighted by atomic mass is 9.95. The summed E-state index contributed by atoms with van der Waals surface area (Å²) in [6, 6.07) is 7.44. The van der Waals surface area contributed by atoms with Crippen LogP contribution in [0.15, 0.2) is 29.2 Å². The van der Waals surface area contributed by atoms with E-state index in [0.29, 0.717) is 54.6 Å². The van der Waals surface area contributed by atoms with E-state index in [1.165, 1.54) is 4.31 Å². The first-order chi connectivity index (χ1) is 15.6. The maximum Gasteiger partial charge on any atom is 0.243 e. The SMILES string of the molecule is Cc1cc(C)c(C)c(S(=O)(=O)N2CCC(C(=O)NC3CCOc4c(Cl)cccc43)CC2)c1C. The van der Waals surface area contributed by atoms with Crippen molar-refractivity contribution in [3.05, 3.63) is 57.1 Å². The van der Waals surface area contributed by atoms with E-state index < -0.39 is 10.0 Å². The molecule has 8 heteroatoms. The van der Waals surface area contributed by atoms with E-state index >= 15 is 0 Å². The summed E-state index contributed by atoms with van der Waals surface area (Å²) in [5.74, 6) is 0.378. The summed E-state index contributed by atoms with van der Waals surface area (Å²) in [4.78, 5) is 13.4. The molecule has 2 aliphatic heterocycles. The number of piperidine rings is 1. The van der Waals surface area contributed by atoms with E-state index in [2.05, 4.69) is 5.32 Å². The van der Waals surface area contributed by atoms with Crippen molar-refractivity contribution in [3.63, 3.8) is 0 Å². The molecule has 0 aromatic heterocycles. The molecule has 1 unspecified atom stereocenters. The number of nitrogens with one attached hydrogen (secondary N) is 1. The molecule has 2 aliphatic rings. The number of para-hydroxylation sites is 1. The van der Waals surface area contributed by atoms with E-state index in [0.717, 1.165) is 27.8 Å². The Hall–Kier alpha value is -2.09. The fraction of sp³-hybridized carbons (Fsp3) is 0.480. The van der Waals surface area contributed by atoms with Crippen molar-refractivity contribution in [1.82, 2.24) is 9.62 Å². The third-order valence-corrected chi connectivity index (χ3v) is 9.53. The third kappa shape index (κ3) is 4.51. The number of ether oxygens (including phenoxy) is 1. The molecule has 4 rings (SSSR count). The number of carbonyl (C=O) groups is 1. The first-order valence-corrected chi connectivity index (χ1v) is 13.2. The van der Waals surface area contributed by atoms with Crippen LogP contribution in [-0.4, -0.2) is 38.3 Å². The van der Waals surface area contributed by atoms with Crippen molar-refractivity contribution < 1.29 is 17.9 Å².